The van der Waals surface area contributed by atoms with E-state index in [0.717, 1.165) is 18.4 Å². The number of carbonyl (C=O) groups is 1. The van der Waals surface area contributed by atoms with Gasteiger partial charge in [-0.1, -0.05) is 30.3 Å². The van der Waals surface area contributed by atoms with E-state index in [4.69, 9.17) is 4.74 Å². The van der Waals surface area contributed by atoms with Crippen molar-refractivity contribution in [2.45, 2.75) is 18.3 Å². The van der Waals surface area contributed by atoms with Crippen LogP contribution in [0, 0.1) is 5.82 Å². The molecule has 1 fully saturated rings. The van der Waals surface area contributed by atoms with E-state index >= 15 is 0 Å². The molecule has 1 amide bonds. The Morgan fingerprint density at radius 1 is 1.11 bits per heavy atom. The van der Waals surface area contributed by atoms with Crippen LogP contribution in [0.4, 0.5) is 4.39 Å². The second kappa shape index (κ2) is 7.52. The fourth-order valence-electron chi connectivity index (χ4n) is 3.75. The Labute approximate surface area is 160 Å². The van der Waals surface area contributed by atoms with E-state index in [9.17, 15) is 14.0 Å². The van der Waals surface area contributed by atoms with Crippen LogP contribution < -0.4 is 10.9 Å². The lowest BCUT2D eigenvalue weighted by Gasteiger charge is -2.38. The summed E-state index contributed by atoms with van der Waals surface area (Å²) < 4.78 is 18.9. The molecule has 2 N–H and O–H groups in total. The minimum Gasteiger partial charge on any atom is -0.381 e. The average molecular weight is 381 g/mol. The second-order valence-electron chi connectivity index (χ2n) is 7.03. The fourth-order valence-corrected chi connectivity index (χ4v) is 3.75. The van der Waals surface area contributed by atoms with Crippen molar-refractivity contribution >= 4 is 16.7 Å². The highest BCUT2D eigenvalue weighted by atomic mass is 19.1. The van der Waals surface area contributed by atoms with Gasteiger partial charge in [0.15, 0.2) is 5.69 Å². The number of carbonyl (C=O) groups excluding carboxylic acids is 1. The molecule has 1 aliphatic rings. The van der Waals surface area contributed by atoms with Crippen molar-refractivity contribution in [2.75, 3.05) is 19.8 Å². The topological polar surface area (TPSA) is 84.1 Å². The molecule has 1 aliphatic heterocycles. The third-order valence-electron chi connectivity index (χ3n) is 5.40. The number of benzene rings is 2. The summed E-state index contributed by atoms with van der Waals surface area (Å²) in [7, 11) is 0. The van der Waals surface area contributed by atoms with E-state index in [1.807, 2.05) is 0 Å². The summed E-state index contributed by atoms with van der Waals surface area (Å²) in [5.74, 6) is -0.653. The number of fused-ring (bicyclic) bond motifs is 1. The first-order valence-corrected chi connectivity index (χ1v) is 9.18. The van der Waals surface area contributed by atoms with Crippen LogP contribution in [0.2, 0.25) is 0 Å². The number of nitrogens with zero attached hydrogens (tertiary/aromatic N) is 1. The maximum Gasteiger partial charge on any atom is 0.272 e. The summed E-state index contributed by atoms with van der Waals surface area (Å²) in [6.07, 6.45) is 1.44. The number of aromatic amines is 1. The molecule has 1 saturated heterocycles. The Hall–Kier alpha value is -3.06. The minimum atomic E-state index is -0.361. The largest absolute Gasteiger partial charge is 0.381 e. The molecule has 28 heavy (non-hydrogen) atoms. The zero-order valence-corrected chi connectivity index (χ0v) is 15.2. The van der Waals surface area contributed by atoms with Crippen LogP contribution in [-0.2, 0) is 10.2 Å². The maximum atomic E-state index is 13.4. The van der Waals surface area contributed by atoms with Crippen molar-refractivity contribution in [3.8, 4) is 0 Å². The SMILES string of the molecule is O=C(NCC1(c2ccc(F)cc2)CCOCC1)c1n[nH]c(=O)c2ccccc12. The summed E-state index contributed by atoms with van der Waals surface area (Å²) in [6.45, 7) is 1.52. The highest BCUT2D eigenvalue weighted by Gasteiger charge is 2.35. The summed E-state index contributed by atoms with van der Waals surface area (Å²) >= 11 is 0. The smallest absolute Gasteiger partial charge is 0.272 e. The summed E-state index contributed by atoms with van der Waals surface area (Å²) in [5, 5.41) is 10.2. The number of H-pyrrole nitrogens is 1. The number of nitrogens with one attached hydrogen (secondary N) is 2. The quantitative estimate of drug-likeness (QED) is 0.727. The van der Waals surface area contributed by atoms with Crippen LogP contribution in [0.3, 0.4) is 0 Å². The zero-order chi connectivity index (χ0) is 19.6. The fraction of sp³-hybridized carbons (Fsp3) is 0.286. The molecule has 4 rings (SSSR count). The predicted molar refractivity (Wildman–Crippen MR) is 103 cm³/mol. The van der Waals surface area contributed by atoms with Gasteiger partial charge < -0.3 is 10.1 Å². The van der Waals surface area contributed by atoms with Crippen LogP contribution in [-0.4, -0.2) is 35.9 Å². The van der Waals surface area contributed by atoms with Gasteiger partial charge in [-0.2, -0.15) is 5.10 Å². The van der Waals surface area contributed by atoms with Gasteiger partial charge in [0.1, 0.15) is 5.82 Å². The van der Waals surface area contributed by atoms with Crippen molar-refractivity contribution in [2.24, 2.45) is 0 Å². The Morgan fingerprint density at radius 3 is 2.50 bits per heavy atom. The number of hydrogen-bond donors (Lipinski definition) is 2. The van der Waals surface area contributed by atoms with Gasteiger partial charge in [-0.3, -0.25) is 9.59 Å². The van der Waals surface area contributed by atoms with E-state index in [2.05, 4.69) is 15.5 Å². The van der Waals surface area contributed by atoms with Crippen LogP contribution in [0.1, 0.15) is 28.9 Å². The molecule has 1 aromatic heterocycles. The number of amides is 1. The molecule has 0 spiro atoms. The number of aromatic nitrogens is 2. The Balaban J connectivity index is 1.61. The van der Waals surface area contributed by atoms with Gasteiger partial charge in [0, 0.05) is 30.6 Å². The maximum absolute atomic E-state index is 13.4. The van der Waals surface area contributed by atoms with Crippen LogP contribution in [0.5, 0.6) is 0 Å². The highest BCUT2D eigenvalue weighted by Crippen LogP contribution is 2.34. The van der Waals surface area contributed by atoms with Gasteiger partial charge in [-0.15, -0.1) is 0 Å². The number of ether oxygens (including phenoxy) is 1. The molecule has 2 heterocycles. The Morgan fingerprint density at radius 2 is 1.79 bits per heavy atom. The molecule has 6 nitrogen and oxygen atoms in total. The van der Waals surface area contributed by atoms with Crippen molar-refractivity contribution in [1.82, 2.24) is 15.5 Å². The molecule has 0 unspecified atom stereocenters. The Kier molecular flexibility index (Phi) is 4.92. The first-order chi connectivity index (χ1) is 13.6. The van der Waals surface area contributed by atoms with Crippen LogP contribution in [0.25, 0.3) is 10.8 Å². The van der Waals surface area contributed by atoms with E-state index in [1.165, 1.54) is 12.1 Å². The number of halogens is 1. The molecule has 0 bridgehead atoms. The first kappa shape index (κ1) is 18.3. The van der Waals surface area contributed by atoms with Gasteiger partial charge in [-0.25, -0.2) is 9.49 Å². The van der Waals surface area contributed by atoms with E-state index in [-0.39, 0.29) is 28.4 Å². The lowest BCUT2D eigenvalue weighted by atomic mass is 9.74. The van der Waals surface area contributed by atoms with Gasteiger partial charge in [0.05, 0.1) is 5.39 Å². The molecule has 0 aliphatic carbocycles. The molecule has 3 aromatic rings. The van der Waals surface area contributed by atoms with Crippen molar-refractivity contribution < 1.29 is 13.9 Å². The van der Waals surface area contributed by atoms with E-state index in [0.29, 0.717) is 30.5 Å². The zero-order valence-electron chi connectivity index (χ0n) is 15.2. The summed E-state index contributed by atoms with van der Waals surface area (Å²) in [6, 6.07) is 13.3. The van der Waals surface area contributed by atoms with Crippen molar-refractivity contribution in [1.29, 1.82) is 0 Å². The van der Waals surface area contributed by atoms with Crippen LogP contribution in [0.15, 0.2) is 53.3 Å². The van der Waals surface area contributed by atoms with Gasteiger partial charge >= 0.3 is 0 Å². The summed E-state index contributed by atoms with van der Waals surface area (Å²) in [5.41, 5.74) is 0.479. The molecular formula is C21H20FN3O3. The van der Waals surface area contributed by atoms with E-state index < -0.39 is 0 Å². The van der Waals surface area contributed by atoms with Crippen LogP contribution >= 0.6 is 0 Å². The minimum absolute atomic E-state index is 0.177. The molecule has 0 atom stereocenters. The second-order valence-corrected chi connectivity index (χ2v) is 7.03. The number of rotatable bonds is 4. The molecular weight excluding hydrogens is 361 g/mol. The van der Waals surface area contributed by atoms with Gasteiger partial charge in [-0.05, 0) is 36.6 Å². The highest BCUT2D eigenvalue weighted by molar-refractivity contribution is 6.04. The molecule has 2 aromatic carbocycles. The lowest BCUT2D eigenvalue weighted by molar-refractivity contribution is 0.0486. The molecule has 0 radical (unpaired) electrons. The van der Waals surface area contributed by atoms with Gasteiger partial charge in [0.2, 0.25) is 0 Å². The third kappa shape index (κ3) is 3.41. The average Bonchev–Trinajstić information content (AvgIpc) is 2.74. The van der Waals surface area contributed by atoms with Crippen molar-refractivity contribution in [3.05, 3.63) is 76.0 Å². The normalized spacial score (nSPS) is 16.0. The molecule has 7 heteroatoms. The standard InChI is InChI=1S/C21H20FN3O3/c22-15-7-5-14(6-8-15)21(9-11-28-12-10-21)13-23-20(27)18-16-3-1-2-4-17(16)19(26)25-24-18/h1-8H,9-13H2,(H,23,27)(H,25,26). The predicted octanol–water partition coefficient (Wildman–Crippen LogP) is 2.54. The number of hydrogen-bond acceptors (Lipinski definition) is 4. The third-order valence-corrected chi connectivity index (χ3v) is 5.40. The summed E-state index contributed by atoms with van der Waals surface area (Å²) in [4.78, 5) is 24.8. The first-order valence-electron chi connectivity index (χ1n) is 9.18. The van der Waals surface area contributed by atoms with E-state index in [1.54, 1.807) is 36.4 Å². The van der Waals surface area contributed by atoms with Gasteiger partial charge in [0.25, 0.3) is 11.5 Å². The molecule has 0 saturated carbocycles. The van der Waals surface area contributed by atoms with Crippen molar-refractivity contribution in [3.63, 3.8) is 0 Å². The lowest BCUT2D eigenvalue weighted by Crippen LogP contribution is -2.45. The Bertz CT molecular complexity index is 1060. The monoisotopic (exact) mass is 381 g/mol. The molecule has 144 valence electrons.